The summed E-state index contributed by atoms with van der Waals surface area (Å²) in [5.41, 5.74) is 1.30. The Kier molecular flexibility index (Phi) is 4.21. The predicted molar refractivity (Wildman–Crippen MR) is 80.9 cm³/mol. The summed E-state index contributed by atoms with van der Waals surface area (Å²) in [5, 5.41) is 8.83. The minimum atomic E-state index is 0.112. The zero-order valence-corrected chi connectivity index (χ0v) is 12.3. The molecule has 2 fully saturated rings. The molecule has 0 N–H and O–H groups in total. The lowest BCUT2D eigenvalue weighted by atomic mass is 10.1. The topological polar surface area (TPSA) is 47.3 Å². The zero-order chi connectivity index (χ0) is 14.7. The van der Waals surface area contributed by atoms with Crippen LogP contribution in [0.15, 0.2) is 24.3 Å². The number of nitriles is 1. The number of nitrogens with zero attached hydrogens (tertiary/aromatic N) is 3. The second-order valence-corrected chi connectivity index (χ2v) is 5.99. The van der Waals surface area contributed by atoms with Crippen molar-refractivity contribution in [1.82, 2.24) is 9.80 Å². The number of amides is 1. The molecule has 0 aromatic heterocycles. The summed E-state index contributed by atoms with van der Waals surface area (Å²) in [7, 11) is 0. The quantitative estimate of drug-likeness (QED) is 0.855. The van der Waals surface area contributed by atoms with Crippen LogP contribution in [0, 0.1) is 11.3 Å². The molecule has 2 saturated heterocycles. The Morgan fingerprint density at radius 3 is 2.52 bits per heavy atom. The van der Waals surface area contributed by atoms with Gasteiger partial charge in [0, 0.05) is 24.7 Å². The van der Waals surface area contributed by atoms with Crippen LogP contribution < -0.4 is 0 Å². The molecular formula is C17H21N3O. The van der Waals surface area contributed by atoms with Crippen molar-refractivity contribution in [3.8, 4) is 6.07 Å². The minimum Gasteiger partial charge on any atom is -0.334 e. The Balaban J connectivity index is 1.68. The molecule has 0 saturated carbocycles. The lowest BCUT2D eigenvalue weighted by molar-refractivity contribution is 0.0709. The third kappa shape index (κ3) is 3.08. The maximum absolute atomic E-state index is 12.7. The van der Waals surface area contributed by atoms with Crippen LogP contribution in [0.2, 0.25) is 0 Å². The van der Waals surface area contributed by atoms with E-state index in [0.717, 1.165) is 25.9 Å². The highest BCUT2D eigenvalue weighted by atomic mass is 16.2. The maximum atomic E-state index is 12.7. The lowest BCUT2D eigenvalue weighted by Crippen LogP contribution is -2.42. The van der Waals surface area contributed by atoms with E-state index in [1.54, 1.807) is 24.3 Å². The zero-order valence-electron chi connectivity index (χ0n) is 12.3. The smallest absolute Gasteiger partial charge is 0.254 e. The standard InChI is InChI=1S/C17H21N3O/c18-12-14-5-7-15(8-6-14)17(21)20-11-3-4-16(20)13-19-9-1-2-10-19/h5-8,16H,1-4,9-11,13H2. The molecule has 0 spiro atoms. The van der Waals surface area contributed by atoms with Gasteiger partial charge >= 0.3 is 0 Å². The minimum absolute atomic E-state index is 0.112. The van der Waals surface area contributed by atoms with E-state index in [1.807, 2.05) is 4.90 Å². The number of carbonyl (C=O) groups excluding carboxylic acids is 1. The van der Waals surface area contributed by atoms with E-state index in [0.29, 0.717) is 17.2 Å². The summed E-state index contributed by atoms with van der Waals surface area (Å²) in [6.07, 6.45) is 4.78. The average molecular weight is 283 g/mol. The number of likely N-dealkylation sites (tertiary alicyclic amines) is 2. The van der Waals surface area contributed by atoms with E-state index < -0.39 is 0 Å². The fraction of sp³-hybridized carbons (Fsp3) is 0.529. The number of hydrogen-bond donors (Lipinski definition) is 0. The van der Waals surface area contributed by atoms with Gasteiger partial charge in [0.15, 0.2) is 0 Å². The Bertz CT molecular complexity index is 540. The summed E-state index contributed by atoms with van der Waals surface area (Å²) in [6.45, 7) is 4.23. The van der Waals surface area contributed by atoms with Crippen molar-refractivity contribution in [3.05, 3.63) is 35.4 Å². The lowest BCUT2D eigenvalue weighted by Gasteiger charge is -2.28. The van der Waals surface area contributed by atoms with Crippen LogP contribution in [0.3, 0.4) is 0 Å². The highest BCUT2D eigenvalue weighted by Crippen LogP contribution is 2.22. The van der Waals surface area contributed by atoms with Crippen molar-refractivity contribution in [2.75, 3.05) is 26.2 Å². The van der Waals surface area contributed by atoms with Crippen LogP contribution in [0.4, 0.5) is 0 Å². The van der Waals surface area contributed by atoms with Crippen molar-refractivity contribution in [2.24, 2.45) is 0 Å². The third-order valence-corrected chi connectivity index (χ3v) is 4.57. The summed E-state index contributed by atoms with van der Waals surface area (Å²) in [4.78, 5) is 17.2. The van der Waals surface area contributed by atoms with Crippen molar-refractivity contribution < 1.29 is 4.79 Å². The second-order valence-electron chi connectivity index (χ2n) is 5.99. The molecule has 1 amide bonds. The van der Waals surface area contributed by atoms with Crippen LogP contribution in [-0.4, -0.2) is 47.9 Å². The Morgan fingerprint density at radius 2 is 1.86 bits per heavy atom. The molecule has 1 aromatic carbocycles. The second kappa shape index (κ2) is 6.28. The molecule has 2 aliphatic heterocycles. The van der Waals surface area contributed by atoms with Gasteiger partial charge in [0.25, 0.3) is 5.91 Å². The molecule has 2 heterocycles. The fourth-order valence-corrected chi connectivity index (χ4v) is 3.41. The molecule has 3 rings (SSSR count). The Hall–Kier alpha value is -1.86. The van der Waals surface area contributed by atoms with Gasteiger partial charge in [-0.25, -0.2) is 0 Å². The van der Waals surface area contributed by atoms with Crippen LogP contribution in [0.1, 0.15) is 41.6 Å². The van der Waals surface area contributed by atoms with E-state index in [9.17, 15) is 4.79 Å². The molecule has 4 nitrogen and oxygen atoms in total. The highest BCUT2D eigenvalue weighted by Gasteiger charge is 2.31. The van der Waals surface area contributed by atoms with E-state index in [4.69, 9.17) is 5.26 Å². The third-order valence-electron chi connectivity index (χ3n) is 4.57. The van der Waals surface area contributed by atoms with Gasteiger partial charge in [-0.2, -0.15) is 5.26 Å². The molecule has 110 valence electrons. The Morgan fingerprint density at radius 1 is 1.14 bits per heavy atom. The van der Waals surface area contributed by atoms with E-state index in [2.05, 4.69) is 11.0 Å². The van der Waals surface area contributed by atoms with Gasteiger partial charge in [0.1, 0.15) is 0 Å². The van der Waals surface area contributed by atoms with Crippen LogP contribution in [-0.2, 0) is 0 Å². The van der Waals surface area contributed by atoms with Gasteiger partial charge in [0.2, 0.25) is 0 Å². The first-order chi connectivity index (χ1) is 10.3. The number of carbonyl (C=O) groups is 1. The molecule has 0 bridgehead atoms. The molecule has 1 aromatic rings. The summed E-state index contributed by atoms with van der Waals surface area (Å²) < 4.78 is 0. The van der Waals surface area contributed by atoms with Gasteiger partial charge in [0.05, 0.1) is 11.6 Å². The molecule has 21 heavy (non-hydrogen) atoms. The van der Waals surface area contributed by atoms with Crippen LogP contribution in [0.25, 0.3) is 0 Å². The van der Waals surface area contributed by atoms with Crippen LogP contribution in [0.5, 0.6) is 0 Å². The van der Waals surface area contributed by atoms with Gasteiger partial charge in [-0.3, -0.25) is 4.79 Å². The number of rotatable bonds is 3. The van der Waals surface area contributed by atoms with Crippen LogP contribution >= 0.6 is 0 Å². The van der Waals surface area contributed by atoms with E-state index >= 15 is 0 Å². The van der Waals surface area contributed by atoms with E-state index in [1.165, 1.54) is 25.9 Å². The van der Waals surface area contributed by atoms with E-state index in [-0.39, 0.29) is 5.91 Å². The van der Waals surface area contributed by atoms with Crippen molar-refractivity contribution >= 4 is 5.91 Å². The van der Waals surface area contributed by atoms with Crippen molar-refractivity contribution in [2.45, 2.75) is 31.7 Å². The monoisotopic (exact) mass is 283 g/mol. The Labute approximate surface area is 126 Å². The largest absolute Gasteiger partial charge is 0.334 e. The first-order valence-electron chi connectivity index (χ1n) is 7.81. The van der Waals surface area contributed by atoms with Crippen molar-refractivity contribution in [3.63, 3.8) is 0 Å². The highest BCUT2D eigenvalue weighted by molar-refractivity contribution is 5.94. The molecule has 1 unspecified atom stereocenters. The van der Waals surface area contributed by atoms with Gasteiger partial charge < -0.3 is 9.80 Å². The van der Waals surface area contributed by atoms with Crippen molar-refractivity contribution in [1.29, 1.82) is 5.26 Å². The normalized spacial score (nSPS) is 22.4. The average Bonchev–Trinajstić information content (AvgIpc) is 3.19. The summed E-state index contributed by atoms with van der Waals surface area (Å²) >= 11 is 0. The molecule has 0 radical (unpaired) electrons. The van der Waals surface area contributed by atoms with Gasteiger partial charge in [-0.1, -0.05) is 0 Å². The molecule has 2 aliphatic rings. The van der Waals surface area contributed by atoms with Gasteiger partial charge in [-0.15, -0.1) is 0 Å². The number of hydrogen-bond acceptors (Lipinski definition) is 3. The molecular weight excluding hydrogens is 262 g/mol. The predicted octanol–water partition coefficient (Wildman–Crippen LogP) is 2.26. The molecule has 1 atom stereocenters. The molecule has 4 heteroatoms. The summed E-state index contributed by atoms with van der Waals surface area (Å²) in [6, 6.07) is 9.42. The number of benzene rings is 1. The first-order valence-corrected chi connectivity index (χ1v) is 7.81. The SMILES string of the molecule is N#Cc1ccc(C(=O)N2CCCC2CN2CCCC2)cc1. The summed E-state index contributed by atoms with van der Waals surface area (Å²) in [5.74, 6) is 0.112. The maximum Gasteiger partial charge on any atom is 0.254 e. The first kappa shape index (κ1) is 14.1. The fourth-order valence-electron chi connectivity index (χ4n) is 3.41. The van der Waals surface area contributed by atoms with Gasteiger partial charge in [-0.05, 0) is 63.0 Å². The molecule has 0 aliphatic carbocycles.